The summed E-state index contributed by atoms with van der Waals surface area (Å²) in [6.07, 6.45) is 5.88. The van der Waals surface area contributed by atoms with Gasteiger partial charge in [0.2, 0.25) is 0 Å². The molecule has 0 radical (unpaired) electrons. The van der Waals surface area contributed by atoms with Crippen molar-refractivity contribution in [2.75, 3.05) is 0 Å². The Hall–Kier alpha value is -1.84. The van der Waals surface area contributed by atoms with E-state index >= 15 is 0 Å². The van der Waals surface area contributed by atoms with Gasteiger partial charge in [0.15, 0.2) is 0 Å². The molecular weight excluding hydrogens is 230 g/mol. The molecule has 0 amide bonds. The second-order valence-corrected chi connectivity index (χ2v) is 4.98. The lowest BCUT2D eigenvalue weighted by atomic mass is 10.0. The SMILES string of the molecule is O=c1[nH]c2cccc(CCCC3CC3)c2c(=O)o1. The third-order valence-corrected chi connectivity index (χ3v) is 3.53. The van der Waals surface area contributed by atoms with E-state index in [0.29, 0.717) is 10.9 Å². The molecule has 1 aromatic carbocycles. The van der Waals surface area contributed by atoms with Gasteiger partial charge in [0.25, 0.3) is 0 Å². The van der Waals surface area contributed by atoms with Gasteiger partial charge < -0.3 is 4.42 Å². The Balaban J connectivity index is 1.94. The summed E-state index contributed by atoms with van der Waals surface area (Å²) in [5.41, 5.74) is 1.01. The molecule has 0 spiro atoms. The minimum Gasteiger partial charge on any atom is -0.372 e. The Morgan fingerprint density at radius 3 is 2.89 bits per heavy atom. The second kappa shape index (κ2) is 4.44. The van der Waals surface area contributed by atoms with E-state index in [9.17, 15) is 9.59 Å². The fourth-order valence-electron chi connectivity index (χ4n) is 2.41. The molecular formula is C14H15NO3. The summed E-state index contributed by atoms with van der Waals surface area (Å²) >= 11 is 0. The van der Waals surface area contributed by atoms with Crippen LogP contribution in [0.3, 0.4) is 0 Å². The van der Waals surface area contributed by atoms with Crippen LogP contribution in [0.4, 0.5) is 0 Å². The maximum absolute atomic E-state index is 11.7. The van der Waals surface area contributed by atoms with Crippen molar-refractivity contribution >= 4 is 10.9 Å². The van der Waals surface area contributed by atoms with Crippen molar-refractivity contribution in [2.45, 2.75) is 32.1 Å². The molecule has 1 saturated carbocycles. The molecule has 1 aliphatic rings. The van der Waals surface area contributed by atoms with Crippen LogP contribution in [0.15, 0.2) is 32.2 Å². The topological polar surface area (TPSA) is 63.1 Å². The van der Waals surface area contributed by atoms with Gasteiger partial charge in [0.05, 0.1) is 10.9 Å². The first kappa shape index (κ1) is 11.3. The number of aryl methyl sites for hydroxylation is 1. The summed E-state index contributed by atoms with van der Waals surface area (Å²) in [6.45, 7) is 0. The molecule has 0 saturated heterocycles. The van der Waals surface area contributed by atoms with E-state index in [4.69, 9.17) is 0 Å². The lowest BCUT2D eigenvalue weighted by molar-refractivity contribution is 0.459. The number of benzene rings is 1. The highest BCUT2D eigenvalue weighted by Gasteiger charge is 2.20. The molecule has 1 N–H and O–H groups in total. The molecule has 18 heavy (non-hydrogen) atoms. The van der Waals surface area contributed by atoms with Gasteiger partial charge in [0.1, 0.15) is 0 Å². The zero-order valence-electron chi connectivity index (χ0n) is 10.1. The quantitative estimate of drug-likeness (QED) is 0.898. The average molecular weight is 245 g/mol. The predicted molar refractivity (Wildman–Crippen MR) is 68.8 cm³/mol. The van der Waals surface area contributed by atoms with Crippen molar-refractivity contribution in [3.8, 4) is 0 Å². The third-order valence-electron chi connectivity index (χ3n) is 3.53. The van der Waals surface area contributed by atoms with Crippen LogP contribution in [-0.2, 0) is 6.42 Å². The maximum Gasteiger partial charge on any atom is 0.419 e. The van der Waals surface area contributed by atoms with Crippen LogP contribution in [0.1, 0.15) is 31.2 Å². The minimum atomic E-state index is -0.692. The summed E-state index contributed by atoms with van der Waals surface area (Å²) in [4.78, 5) is 25.4. The molecule has 4 heteroatoms. The van der Waals surface area contributed by atoms with Gasteiger partial charge in [-0.25, -0.2) is 9.59 Å². The van der Waals surface area contributed by atoms with E-state index in [1.54, 1.807) is 6.07 Å². The molecule has 0 bridgehead atoms. The standard InChI is InChI=1S/C14H15NO3/c16-13-12-10(4-1-3-9-7-8-9)5-2-6-11(12)15-14(17)18-13/h2,5-6,9H,1,3-4,7-8H2,(H,15,17). The lowest BCUT2D eigenvalue weighted by Crippen LogP contribution is -2.15. The number of aromatic nitrogens is 1. The minimum absolute atomic E-state index is 0.521. The molecule has 1 aliphatic carbocycles. The van der Waals surface area contributed by atoms with Gasteiger partial charge in [-0.15, -0.1) is 0 Å². The monoisotopic (exact) mass is 245 g/mol. The number of rotatable bonds is 4. The van der Waals surface area contributed by atoms with E-state index in [1.165, 1.54) is 19.3 Å². The van der Waals surface area contributed by atoms with Gasteiger partial charge in [-0.1, -0.05) is 31.4 Å². The predicted octanol–water partition coefficient (Wildman–Crippen LogP) is 2.21. The second-order valence-electron chi connectivity index (χ2n) is 4.98. The summed E-state index contributed by atoms with van der Waals surface area (Å²) in [6, 6.07) is 5.53. The molecule has 94 valence electrons. The fourth-order valence-corrected chi connectivity index (χ4v) is 2.41. The Morgan fingerprint density at radius 1 is 1.28 bits per heavy atom. The Kier molecular flexibility index (Phi) is 2.78. The van der Waals surface area contributed by atoms with Crippen molar-refractivity contribution in [3.05, 3.63) is 44.7 Å². The highest BCUT2D eigenvalue weighted by Crippen LogP contribution is 2.34. The van der Waals surface area contributed by atoms with Crippen molar-refractivity contribution in [1.82, 2.24) is 4.98 Å². The van der Waals surface area contributed by atoms with E-state index in [-0.39, 0.29) is 0 Å². The number of nitrogens with one attached hydrogen (secondary N) is 1. The normalized spacial score (nSPS) is 15.1. The van der Waals surface area contributed by atoms with Crippen LogP contribution < -0.4 is 11.4 Å². The summed E-state index contributed by atoms with van der Waals surface area (Å²) in [5.74, 6) is 0.207. The number of hydrogen-bond donors (Lipinski definition) is 1. The summed E-state index contributed by atoms with van der Waals surface area (Å²) < 4.78 is 4.60. The van der Waals surface area contributed by atoms with Crippen LogP contribution in [0, 0.1) is 5.92 Å². The molecule has 1 heterocycles. The Morgan fingerprint density at radius 2 is 2.11 bits per heavy atom. The Labute approximate surface area is 104 Å². The highest BCUT2D eigenvalue weighted by atomic mass is 16.4. The molecule has 0 aliphatic heterocycles. The highest BCUT2D eigenvalue weighted by molar-refractivity contribution is 5.80. The van der Waals surface area contributed by atoms with Crippen molar-refractivity contribution in [3.63, 3.8) is 0 Å². The number of fused-ring (bicyclic) bond motifs is 1. The summed E-state index contributed by atoms with van der Waals surface area (Å²) in [5, 5.41) is 0.521. The first-order chi connectivity index (χ1) is 8.74. The third kappa shape index (κ3) is 2.23. The van der Waals surface area contributed by atoms with Crippen molar-refractivity contribution < 1.29 is 4.42 Å². The molecule has 3 rings (SSSR count). The molecule has 0 atom stereocenters. The largest absolute Gasteiger partial charge is 0.419 e. The van der Waals surface area contributed by atoms with Crippen molar-refractivity contribution in [1.29, 1.82) is 0 Å². The summed E-state index contributed by atoms with van der Waals surface area (Å²) in [7, 11) is 0. The van der Waals surface area contributed by atoms with Gasteiger partial charge in [-0.05, 0) is 30.4 Å². The van der Waals surface area contributed by atoms with E-state index in [2.05, 4.69) is 9.40 Å². The van der Waals surface area contributed by atoms with Gasteiger partial charge >= 0.3 is 11.4 Å². The number of H-pyrrole nitrogens is 1. The smallest absolute Gasteiger partial charge is 0.372 e. The maximum atomic E-state index is 11.7. The number of hydrogen-bond acceptors (Lipinski definition) is 3. The van der Waals surface area contributed by atoms with Crippen LogP contribution in [0.2, 0.25) is 0 Å². The van der Waals surface area contributed by atoms with Crippen LogP contribution in [0.5, 0.6) is 0 Å². The molecule has 1 fully saturated rings. The molecule has 0 unspecified atom stereocenters. The van der Waals surface area contributed by atoms with Crippen LogP contribution >= 0.6 is 0 Å². The van der Waals surface area contributed by atoms with Crippen molar-refractivity contribution in [2.24, 2.45) is 5.92 Å². The van der Waals surface area contributed by atoms with E-state index in [0.717, 1.165) is 24.3 Å². The van der Waals surface area contributed by atoms with Gasteiger partial charge in [-0.2, -0.15) is 0 Å². The Bertz CT molecular complexity index is 679. The zero-order valence-corrected chi connectivity index (χ0v) is 10.1. The van der Waals surface area contributed by atoms with Crippen LogP contribution in [-0.4, -0.2) is 4.98 Å². The first-order valence-electron chi connectivity index (χ1n) is 6.39. The molecule has 2 aromatic rings. The van der Waals surface area contributed by atoms with Crippen LogP contribution in [0.25, 0.3) is 10.9 Å². The average Bonchev–Trinajstić information content (AvgIpc) is 3.12. The lowest BCUT2D eigenvalue weighted by Gasteiger charge is -2.04. The van der Waals surface area contributed by atoms with Gasteiger partial charge in [0, 0.05) is 0 Å². The number of aromatic amines is 1. The van der Waals surface area contributed by atoms with E-state index in [1.807, 2.05) is 12.1 Å². The molecule has 4 nitrogen and oxygen atoms in total. The molecule has 1 aromatic heterocycles. The van der Waals surface area contributed by atoms with E-state index < -0.39 is 11.4 Å². The first-order valence-corrected chi connectivity index (χ1v) is 6.39. The fraction of sp³-hybridized carbons (Fsp3) is 0.429. The van der Waals surface area contributed by atoms with Gasteiger partial charge in [-0.3, -0.25) is 4.98 Å². The zero-order chi connectivity index (χ0) is 12.5.